The molecule has 2 N–H and O–H groups in total. The van der Waals surface area contributed by atoms with Crippen LogP contribution in [0.5, 0.6) is 0 Å². The summed E-state index contributed by atoms with van der Waals surface area (Å²) in [6.07, 6.45) is -5.38. The number of hydrogen-bond donors (Lipinski definition) is 2. The molecule has 0 unspecified atom stereocenters. The van der Waals surface area contributed by atoms with E-state index < -0.39 is 42.2 Å². The van der Waals surface area contributed by atoms with Crippen LogP contribution in [0.25, 0.3) is 0 Å². The molecule has 1 amide bonds. The number of rotatable bonds is 2. The van der Waals surface area contributed by atoms with Crippen LogP contribution in [0.3, 0.4) is 0 Å². The number of alkyl carbamates (subject to hydrolysis) is 1. The molecule has 0 aromatic rings. The molecule has 1 aliphatic carbocycles. The molecule has 1 aliphatic rings. The standard InChI is InChI=1S/C12H16F3NO4/c1-11(2,3)20-10(19)16-8-5-6(9(17)18)4-7(8)12(13,14)15/h5,7-8H,4H2,1-3H3,(H,16,19)(H,17,18)/t7-,8+/m1/s1. The topological polar surface area (TPSA) is 75.6 Å². The number of amides is 1. The highest BCUT2D eigenvalue weighted by Gasteiger charge is 2.49. The molecule has 5 nitrogen and oxygen atoms in total. The summed E-state index contributed by atoms with van der Waals surface area (Å²) < 4.78 is 43.3. The van der Waals surface area contributed by atoms with E-state index in [0.29, 0.717) is 0 Å². The Morgan fingerprint density at radius 1 is 1.35 bits per heavy atom. The number of aliphatic carboxylic acids is 1. The number of carboxylic acid groups (broad SMARTS) is 1. The molecule has 20 heavy (non-hydrogen) atoms. The minimum Gasteiger partial charge on any atom is -0.478 e. The highest BCUT2D eigenvalue weighted by atomic mass is 19.4. The Balaban J connectivity index is 2.83. The Kier molecular flexibility index (Phi) is 4.36. The lowest BCUT2D eigenvalue weighted by Crippen LogP contribution is -2.44. The first-order valence-corrected chi connectivity index (χ1v) is 5.90. The Morgan fingerprint density at radius 2 is 1.90 bits per heavy atom. The van der Waals surface area contributed by atoms with Gasteiger partial charge >= 0.3 is 18.2 Å². The maximum absolute atomic E-state index is 12.8. The maximum atomic E-state index is 12.8. The van der Waals surface area contributed by atoms with E-state index in [1.165, 1.54) is 0 Å². The van der Waals surface area contributed by atoms with Crippen molar-refractivity contribution < 1.29 is 32.6 Å². The number of halogens is 3. The van der Waals surface area contributed by atoms with E-state index in [9.17, 15) is 22.8 Å². The average Bonchev–Trinajstić information content (AvgIpc) is 2.57. The van der Waals surface area contributed by atoms with Crippen LogP contribution in [0.4, 0.5) is 18.0 Å². The van der Waals surface area contributed by atoms with Crippen LogP contribution in [-0.4, -0.2) is 35.0 Å². The zero-order valence-corrected chi connectivity index (χ0v) is 11.2. The van der Waals surface area contributed by atoms with Crippen LogP contribution < -0.4 is 5.32 Å². The van der Waals surface area contributed by atoms with E-state index >= 15 is 0 Å². The van der Waals surface area contributed by atoms with Crippen LogP contribution >= 0.6 is 0 Å². The molecule has 8 heteroatoms. The molecule has 0 heterocycles. The Morgan fingerprint density at radius 3 is 2.30 bits per heavy atom. The third-order valence-electron chi connectivity index (χ3n) is 2.63. The second-order valence-electron chi connectivity index (χ2n) is 5.52. The van der Waals surface area contributed by atoms with Gasteiger partial charge in [-0.25, -0.2) is 9.59 Å². The molecular formula is C12H16F3NO4. The fourth-order valence-corrected chi connectivity index (χ4v) is 1.83. The lowest BCUT2D eigenvalue weighted by Gasteiger charge is -2.25. The van der Waals surface area contributed by atoms with Gasteiger partial charge in [-0.3, -0.25) is 0 Å². The normalized spacial score (nSPS) is 23.2. The number of alkyl halides is 3. The first-order valence-electron chi connectivity index (χ1n) is 5.90. The molecule has 0 fully saturated rings. The van der Waals surface area contributed by atoms with Crippen LogP contribution in [0.2, 0.25) is 0 Å². The summed E-state index contributed by atoms with van der Waals surface area (Å²) in [4.78, 5) is 22.2. The van der Waals surface area contributed by atoms with Crippen molar-refractivity contribution in [2.45, 2.75) is 45.0 Å². The summed E-state index contributed by atoms with van der Waals surface area (Å²) in [6, 6.07) is -1.43. The molecule has 0 aromatic heterocycles. The van der Waals surface area contributed by atoms with Gasteiger partial charge in [-0.1, -0.05) is 6.08 Å². The molecular weight excluding hydrogens is 279 g/mol. The maximum Gasteiger partial charge on any atom is 0.408 e. The van der Waals surface area contributed by atoms with Crippen molar-refractivity contribution in [3.8, 4) is 0 Å². The summed E-state index contributed by atoms with van der Waals surface area (Å²) >= 11 is 0. The second-order valence-corrected chi connectivity index (χ2v) is 5.52. The first-order chi connectivity index (χ1) is 8.90. The highest BCUT2D eigenvalue weighted by Crippen LogP contribution is 2.38. The van der Waals surface area contributed by atoms with Crippen LogP contribution in [0.1, 0.15) is 27.2 Å². The van der Waals surface area contributed by atoms with Crippen molar-refractivity contribution in [2.24, 2.45) is 5.92 Å². The van der Waals surface area contributed by atoms with Crippen molar-refractivity contribution >= 4 is 12.1 Å². The Labute approximate surface area is 113 Å². The summed E-state index contributed by atoms with van der Waals surface area (Å²) in [5.74, 6) is -3.38. The smallest absolute Gasteiger partial charge is 0.408 e. The molecule has 114 valence electrons. The fourth-order valence-electron chi connectivity index (χ4n) is 1.83. The van der Waals surface area contributed by atoms with E-state index in [2.05, 4.69) is 5.32 Å². The number of nitrogens with one attached hydrogen (secondary N) is 1. The van der Waals surface area contributed by atoms with Crippen molar-refractivity contribution in [1.82, 2.24) is 5.32 Å². The van der Waals surface area contributed by atoms with E-state index in [4.69, 9.17) is 9.84 Å². The van der Waals surface area contributed by atoms with Gasteiger partial charge in [0.2, 0.25) is 0 Å². The van der Waals surface area contributed by atoms with E-state index in [-0.39, 0.29) is 5.57 Å². The first kappa shape index (κ1) is 16.3. The minimum atomic E-state index is -4.60. The quantitative estimate of drug-likeness (QED) is 0.820. The molecule has 0 aromatic carbocycles. The predicted molar refractivity (Wildman–Crippen MR) is 63.0 cm³/mol. The SMILES string of the molecule is CC(C)(C)OC(=O)N[C@H]1C=C(C(=O)O)C[C@H]1C(F)(F)F. The van der Waals surface area contributed by atoms with Crippen LogP contribution in [0.15, 0.2) is 11.6 Å². The summed E-state index contributed by atoms with van der Waals surface area (Å²) in [6.45, 7) is 4.71. The fraction of sp³-hybridized carbons (Fsp3) is 0.667. The lowest BCUT2D eigenvalue weighted by molar-refractivity contribution is -0.176. The number of carbonyl (C=O) groups excluding carboxylic acids is 1. The van der Waals surface area contributed by atoms with Crippen molar-refractivity contribution in [1.29, 1.82) is 0 Å². The number of ether oxygens (including phenoxy) is 1. The van der Waals surface area contributed by atoms with Gasteiger partial charge in [-0.2, -0.15) is 13.2 Å². The van der Waals surface area contributed by atoms with E-state index in [1.54, 1.807) is 20.8 Å². The van der Waals surface area contributed by atoms with Crippen molar-refractivity contribution in [2.75, 3.05) is 0 Å². The summed E-state index contributed by atoms with van der Waals surface area (Å²) in [5.41, 5.74) is -1.22. The zero-order chi connectivity index (χ0) is 15.7. The van der Waals surface area contributed by atoms with E-state index in [1.807, 2.05) is 0 Å². The molecule has 1 rings (SSSR count). The van der Waals surface area contributed by atoms with Crippen molar-refractivity contribution in [3.05, 3.63) is 11.6 Å². The molecule has 0 saturated heterocycles. The van der Waals surface area contributed by atoms with Crippen LogP contribution in [0, 0.1) is 5.92 Å². The van der Waals surface area contributed by atoms with Gasteiger partial charge in [0, 0.05) is 5.57 Å². The number of carboxylic acids is 1. The molecule has 0 spiro atoms. The van der Waals surface area contributed by atoms with Gasteiger partial charge in [0.05, 0.1) is 12.0 Å². The summed E-state index contributed by atoms with van der Waals surface area (Å²) in [7, 11) is 0. The van der Waals surface area contributed by atoms with Gasteiger partial charge in [0.25, 0.3) is 0 Å². The Bertz CT molecular complexity index is 437. The average molecular weight is 295 g/mol. The predicted octanol–water partition coefficient (Wildman–Crippen LogP) is 2.47. The molecule has 0 saturated carbocycles. The molecule has 0 aliphatic heterocycles. The van der Waals surface area contributed by atoms with Crippen LogP contribution in [-0.2, 0) is 9.53 Å². The molecule has 0 bridgehead atoms. The minimum absolute atomic E-state index is 0.367. The molecule has 2 atom stereocenters. The second kappa shape index (κ2) is 5.34. The third kappa shape index (κ3) is 4.43. The van der Waals surface area contributed by atoms with Gasteiger partial charge in [0.1, 0.15) is 5.60 Å². The summed E-state index contributed by atoms with van der Waals surface area (Å²) in [5, 5.41) is 10.8. The Hall–Kier alpha value is -1.73. The lowest BCUT2D eigenvalue weighted by atomic mass is 10.0. The largest absolute Gasteiger partial charge is 0.478 e. The monoisotopic (exact) mass is 295 g/mol. The van der Waals surface area contributed by atoms with Gasteiger partial charge < -0.3 is 15.2 Å². The number of hydrogen-bond acceptors (Lipinski definition) is 3. The third-order valence-corrected chi connectivity index (χ3v) is 2.63. The zero-order valence-electron chi connectivity index (χ0n) is 11.2. The molecule has 0 radical (unpaired) electrons. The van der Waals surface area contributed by atoms with Gasteiger partial charge in [-0.05, 0) is 27.2 Å². The van der Waals surface area contributed by atoms with Gasteiger partial charge in [0.15, 0.2) is 0 Å². The van der Waals surface area contributed by atoms with Crippen molar-refractivity contribution in [3.63, 3.8) is 0 Å². The number of carbonyl (C=O) groups is 2. The van der Waals surface area contributed by atoms with Gasteiger partial charge in [-0.15, -0.1) is 0 Å². The van der Waals surface area contributed by atoms with E-state index in [0.717, 1.165) is 6.08 Å². The highest BCUT2D eigenvalue weighted by molar-refractivity contribution is 5.87.